The minimum Gasteiger partial charge on any atom is -0.396 e. The van der Waals surface area contributed by atoms with Gasteiger partial charge in [0.1, 0.15) is 0 Å². The molecule has 3 heterocycles. The van der Waals surface area contributed by atoms with Gasteiger partial charge in [-0.05, 0) is 24.1 Å². The lowest BCUT2D eigenvalue weighted by atomic mass is 10.1. The van der Waals surface area contributed by atoms with Crippen LogP contribution in [0.15, 0.2) is 55.3 Å². The Morgan fingerprint density at radius 2 is 2.17 bits per heavy atom. The Bertz CT molecular complexity index is 1030. The van der Waals surface area contributed by atoms with E-state index in [1.807, 2.05) is 24.3 Å². The predicted molar refractivity (Wildman–Crippen MR) is 114 cm³/mol. The average molecular weight is 391 g/mol. The smallest absolute Gasteiger partial charge is 0.250 e. The van der Waals surface area contributed by atoms with Gasteiger partial charge in [0, 0.05) is 32.7 Å². The lowest BCUT2D eigenvalue weighted by Gasteiger charge is -2.20. The molecule has 0 saturated carbocycles. The second-order valence-corrected chi connectivity index (χ2v) is 7.40. The number of fused-ring (bicyclic) bond motifs is 1. The van der Waals surface area contributed by atoms with Gasteiger partial charge in [0.05, 0.1) is 23.9 Å². The Labute approximate surface area is 169 Å². The second kappa shape index (κ2) is 8.05. The molecule has 29 heavy (non-hydrogen) atoms. The van der Waals surface area contributed by atoms with Gasteiger partial charge in [0.2, 0.25) is 11.9 Å². The zero-order chi connectivity index (χ0) is 20.4. The summed E-state index contributed by atoms with van der Waals surface area (Å²) in [6, 6.07) is 12.2. The maximum absolute atomic E-state index is 12.0. The third-order valence-electron chi connectivity index (χ3n) is 5.47. The zero-order valence-corrected chi connectivity index (χ0v) is 16.5. The molecule has 1 unspecified atom stereocenters. The number of rotatable bonds is 6. The molecule has 0 bridgehead atoms. The summed E-state index contributed by atoms with van der Waals surface area (Å²) in [7, 11) is 1.71. The van der Waals surface area contributed by atoms with Crippen molar-refractivity contribution in [2.24, 2.45) is 5.92 Å². The fourth-order valence-corrected chi connectivity index (χ4v) is 3.76. The van der Waals surface area contributed by atoms with Gasteiger partial charge in [-0.3, -0.25) is 4.79 Å². The van der Waals surface area contributed by atoms with Gasteiger partial charge in [-0.2, -0.15) is 4.98 Å². The molecule has 1 aromatic carbocycles. The number of imidazole rings is 1. The number of hydrogen-bond donors (Lipinski definition) is 1. The molecule has 1 aliphatic rings. The molecule has 150 valence electrons. The van der Waals surface area contributed by atoms with Gasteiger partial charge in [-0.1, -0.05) is 36.9 Å². The molecule has 3 aromatic rings. The predicted octanol–water partition coefficient (Wildman–Crippen LogP) is 2.45. The highest BCUT2D eigenvalue weighted by Gasteiger charge is 2.27. The van der Waals surface area contributed by atoms with Crippen LogP contribution in [-0.2, 0) is 11.3 Å². The Balaban J connectivity index is 1.80. The van der Waals surface area contributed by atoms with E-state index in [0.717, 1.165) is 36.5 Å². The molecule has 7 heteroatoms. The van der Waals surface area contributed by atoms with E-state index in [0.29, 0.717) is 17.9 Å². The molecule has 1 N–H and O–H groups in total. The SMILES string of the molecule is C=CC(=O)N(C)c1cnc2nc(N3CCC(CO)C3)n(Cc3ccccc3)c2c1. The monoisotopic (exact) mass is 391 g/mol. The lowest BCUT2D eigenvalue weighted by Crippen LogP contribution is -2.25. The largest absolute Gasteiger partial charge is 0.396 e. The number of carbonyl (C=O) groups excluding carboxylic acids is 1. The summed E-state index contributed by atoms with van der Waals surface area (Å²) in [5.74, 6) is 0.924. The van der Waals surface area contributed by atoms with Crippen molar-refractivity contribution in [3.8, 4) is 0 Å². The minimum atomic E-state index is -0.189. The Morgan fingerprint density at radius 1 is 1.38 bits per heavy atom. The van der Waals surface area contributed by atoms with Crippen LogP contribution >= 0.6 is 0 Å². The fourth-order valence-electron chi connectivity index (χ4n) is 3.76. The number of aliphatic hydroxyl groups excluding tert-OH is 1. The van der Waals surface area contributed by atoms with E-state index < -0.39 is 0 Å². The zero-order valence-electron chi connectivity index (χ0n) is 16.5. The second-order valence-electron chi connectivity index (χ2n) is 7.40. The highest BCUT2D eigenvalue weighted by Crippen LogP contribution is 2.29. The molecule has 2 aromatic heterocycles. The summed E-state index contributed by atoms with van der Waals surface area (Å²) >= 11 is 0. The van der Waals surface area contributed by atoms with Crippen LogP contribution < -0.4 is 9.80 Å². The highest BCUT2D eigenvalue weighted by atomic mass is 16.3. The number of likely N-dealkylation sites (N-methyl/N-ethyl adjacent to an activating group) is 1. The summed E-state index contributed by atoms with van der Waals surface area (Å²) in [4.78, 5) is 25.1. The van der Waals surface area contributed by atoms with Gasteiger partial charge < -0.3 is 19.5 Å². The molecule has 0 radical (unpaired) electrons. The van der Waals surface area contributed by atoms with Gasteiger partial charge in [0.15, 0.2) is 5.65 Å². The van der Waals surface area contributed by atoms with Crippen molar-refractivity contribution in [3.63, 3.8) is 0 Å². The Kier molecular flexibility index (Phi) is 5.31. The average Bonchev–Trinajstić information content (AvgIpc) is 3.38. The first-order valence-electron chi connectivity index (χ1n) is 9.77. The number of aromatic nitrogens is 3. The summed E-state index contributed by atoms with van der Waals surface area (Å²) in [6.45, 7) is 6.02. The summed E-state index contributed by atoms with van der Waals surface area (Å²) < 4.78 is 2.15. The highest BCUT2D eigenvalue weighted by molar-refractivity contribution is 6.01. The first kappa shape index (κ1) is 19.1. The molecule has 1 saturated heterocycles. The number of anilines is 2. The van der Waals surface area contributed by atoms with E-state index in [1.165, 1.54) is 11.0 Å². The van der Waals surface area contributed by atoms with Gasteiger partial charge >= 0.3 is 0 Å². The number of pyridine rings is 1. The van der Waals surface area contributed by atoms with Crippen molar-refractivity contribution in [3.05, 3.63) is 60.8 Å². The first-order chi connectivity index (χ1) is 14.1. The lowest BCUT2D eigenvalue weighted by molar-refractivity contribution is -0.113. The van der Waals surface area contributed by atoms with E-state index in [2.05, 4.69) is 33.2 Å². The normalized spacial score (nSPS) is 16.3. The van der Waals surface area contributed by atoms with Crippen LogP contribution in [0.3, 0.4) is 0 Å². The van der Waals surface area contributed by atoms with E-state index in [-0.39, 0.29) is 18.4 Å². The number of carbonyl (C=O) groups is 1. The quantitative estimate of drug-likeness (QED) is 0.654. The number of aliphatic hydroxyl groups is 1. The van der Waals surface area contributed by atoms with E-state index >= 15 is 0 Å². The van der Waals surface area contributed by atoms with E-state index in [1.54, 1.807) is 13.2 Å². The van der Waals surface area contributed by atoms with Crippen LogP contribution in [0.1, 0.15) is 12.0 Å². The molecule has 1 fully saturated rings. The van der Waals surface area contributed by atoms with E-state index in [9.17, 15) is 9.90 Å². The van der Waals surface area contributed by atoms with Crippen molar-refractivity contribution < 1.29 is 9.90 Å². The maximum atomic E-state index is 12.0. The summed E-state index contributed by atoms with van der Waals surface area (Å²) in [6.07, 6.45) is 3.89. The third-order valence-corrected chi connectivity index (χ3v) is 5.47. The Morgan fingerprint density at radius 3 is 2.86 bits per heavy atom. The van der Waals surface area contributed by atoms with Crippen LogP contribution in [0, 0.1) is 5.92 Å². The summed E-state index contributed by atoms with van der Waals surface area (Å²) in [5, 5.41) is 9.54. The molecule has 0 aliphatic carbocycles. The van der Waals surface area contributed by atoms with E-state index in [4.69, 9.17) is 4.98 Å². The topological polar surface area (TPSA) is 74.5 Å². The third kappa shape index (κ3) is 3.73. The Hall–Kier alpha value is -3.19. The van der Waals surface area contributed by atoms with Crippen molar-refractivity contribution in [1.29, 1.82) is 0 Å². The molecule has 4 rings (SSSR count). The molecule has 0 spiro atoms. The van der Waals surface area contributed by atoms with Crippen LogP contribution in [0.5, 0.6) is 0 Å². The molecule has 1 aliphatic heterocycles. The number of benzene rings is 1. The molecule has 7 nitrogen and oxygen atoms in total. The standard InChI is InChI=1S/C22H25N5O2/c1-3-20(29)25(2)18-11-19-21(23-12-18)24-22(26-10-9-17(13-26)15-28)27(19)14-16-7-5-4-6-8-16/h3-8,11-12,17,28H,1,9-10,13-15H2,2H3. The molecular weight excluding hydrogens is 366 g/mol. The van der Waals surface area contributed by atoms with Gasteiger partial charge in [-0.25, -0.2) is 4.98 Å². The number of nitrogens with zero attached hydrogens (tertiary/aromatic N) is 5. The number of hydrogen-bond acceptors (Lipinski definition) is 5. The van der Waals surface area contributed by atoms with Gasteiger partial charge in [0.25, 0.3) is 0 Å². The minimum absolute atomic E-state index is 0.187. The van der Waals surface area contributed by atoms with Crippen molar-refractivity contribution in [1.82, 2.24) is 14.5 Å². The first-order valence-corrected chi connectivity index (χ1v) is 9.77. The molecule has 1 atom stereocenters. The molecule has 1 amide bonds. The van der Waals surface area contributed by atoms with Crippen molar-refractivity contribution in [2.45, 2.75) is 13.0 Å². The maximum Gasteiger partial charge on any atom is 0.250 e. The van der Waals surface area contributed by atoms with Crippen molar-refractivity contribution in [2.75, 3.05) is 36.5 Å². The van der Waals surface area contributed by atoms with Crippen LogP contribution in [0.2, 0.25) is 0 Å². The molecular formula is C22H25N5O2. The van der Waals surface area contributed by atoms with Crippen molar-refractivity contribution >= 4 is 28.7 Å². The fraction of sp³-hybridized carbons (Fsp3) is 0.318. The van der Waals surface area contributed by atoms with Crippen LogP contribution in [0.25, 0.3) is 11.2 Å². The van der Waals surface area contributed by atoms with Crippen LogP contribution in [0.4, 0.5) is 11.6 Å². The summed E-state index contributed by atoms with van der Waals surface area (Å²) in [5.41, 5.74) is 3.37. The number of amides is 1. The van der Waals surface area contributed by atoms with Crippen LogP contribution in [-0.4, -0.2) is 52.3 Å². The van der Waals surface area contributed by atoms with Gasteiger partial charge in [-0.15, -0.1) is 0 Å².